The van der Waals surface area contributed by atoms with Crippen molar-refractivity contribution < 1.29 is 19.0 Å². The summed E-state index contributed by atoms with van der Waals surface area (Å²) in [5.74, 6) is 1.78. The van der Waals surface area contributed by atoms with Gasteiger partial charge in [-0.25, -0.2) is 0 Å². The lowest BCUT2D eigenvalue weighted by atomic mass is 10.1. The normalized spacial score (nSPS) is 11.0. The van der Waals surface area contributed by atoms with E-state index in [1.54, 1.807) is 12.1 Å². The van der Waals surface area contributed by atoms with Crippen LogP contribution in [0.25, 0.3) is 0 Å². The lowest BCUT2D eigenvalue weighted by Gasteiger charge is -2.13. The van der Waals surface area contributed by atoms with Gasteiger partial charge in [0, 0.05) is 5.56 Å². The van der Waals surface area contributed by atoms with E-state index in [9.17, 15) is 0 Å². The predicted molar refractivity (Wildman–Crippen MR) is 68.4 cm³/mol. The Labute approximate surface area is 106 Å². The molecule has 0 unspecified atom stereocenters. The summed E-state index contributed by atoms with van der Waals surface area (Å²) in [6.07, 6.45) is 0. The number of nitrogens with two attached hydrogens (primary N) is 1. The highest BCUT2D eigenvalue weighted by atomic mass is 16.6. The number of nitrogens with zero attached hydrogens (tertiary/aromatic N) is 1. The third-order valence-electron chi connectivity index (χ3n) is 2.25. The van der Waals surface area contributed by atoms with Gasteiger partial charge in [-0.3, -0.25) is 0 Å². The van der Waals surface area contributed by atoms with Crippen LogP contribution < -0.4 is 19.9 Å². The largest absolute Gasteiger partial charge is 0.493 e. The quantitative estimate of drug-likeness (QED) is 0.471. The molecule has 0 amide bonds. The second-order valence-corrected chi connectivity index (χ2v) is 3.31. The van der Waals surface area contributed by atoms with Crippen LogP contribution in [0.5, 0.6) is 17.2 Å². The van der Waals surface area contributed by atoms with Gasteiger partial charge >= 0.3 is 0 Å². The van der Waals surface area contributed by atoms with E-state index in [1.807, 2.05) is 6.92 Å². The molecule has 0 aliphatic rings. The maximum absolute atomic E-state index is 5.79. The number of oxime groups is 1. The molecular weight excluding hydrogens is 236 g/mol. The zero-order valence-electron chi connectivity index (χ0n) is 11.0. The van der Waals surface area contributed by atoms with E-state index in [-0.39, 0.29) is 5.84 Å². The van der Waals surface area contributed by atoms with Crippen LogP contribution in [-0.4, -0.2) is 33.8 Å². The Morgan fingerprint density at radius 3 is 2.06 bits per heavy atom. The third kappa shape index (κ3) is 2.97. The Morgan fingerprint density at radius 2 is 1.67 bits per heavy atom. The average molecular weight is 254 g/mol. The number of hydrogen-bond acceptors (Lipinski definition) is 5. The Kier molecular flexibility index (Phi) is 5.10. The first-order valence-electron chi connectivity index (χ1n) is 5.43. The minimum absolute atomic E-state index is 0.246. The fourth-order valence-corrected chi connectivity index (χ4v) is 1.42. The van der Waals surface area contributed by atoms with Crippen LogP contribution in [0, 0.1) is 0 Å². The van der Waals surface area contributed by atoms with Crippen molar-refractivity contribution in [2.75, 3.05) is 27.9 Å². The van der Waals surface area contributed by atoms with Gasteiger partial charge in [0.25, 0.3) is 0 Å². The van der Waals surface area contributed by atoms with Crippen molar-refractivity contribution in [3.8, 4) is 17.2 Å². The molecule has 1 aromatic rings. The van der Waals surface area contributed by atoms with Gasteiger partial charge in [0.1, 0.15) is 6.61 Å². The molecule has 0 atom stereocenters. The minimum Gasteiger partial charge on any atom is -0.493 e. The topological polar surface area (TPSA) is 75.3 Å². The van der Waals surface area contributed by atoms with Crippen LogP contribution >= 0.6 is 0 Å². The van der Waals surface area contributed by atoms with E-state index in [1.165, 1.54) is 21.3 Å². The second-order valence-electron chi connectivity index (χ2n) is 3.31. The molecule has 0 heterocycles. The highest BCUT2D eigenvalue weighted by Gasteiger charge is 2.14. The number of amidine groups is 1. The van der Waals surface area contributed by atoms with Gasteiger partial charge in [0.2, 0.25) is 5.75 Å². The van der Waals surface area contributed by atoms with Crippen molar-refractivity contribution in [2.45, 2.75) is 6.92 Å². The van der Waals surface area contributed by atoms with Crippen molar-refractivity contribution in [2.24, 2.45) is 10.9 Å². The van der Waals surface area contributed by atoms with Crippen LogP contribution in [0.1, 0.15) is 12.5 Å². The lowest BCUT2D eigenvalue weighted by molar-refractivity contribution is 0.158. The molecule has 0 spiro atoms. The summed E-state index contributed by atoms with van der Waals surface area (Å²) in [6, 6.07) is 3.42. The second kappa shape index (κ2) is 6.58. The van der Waals surface area contributed by atoms with Crippen LogP contribution in [0.15, 0.2) is 17.3 Å². The molecule has 0 fully saturated rings. The van der Waals surface area contributed by atoms with Gasteiger partial charge in [0.05, 0.1) is 21.3 Å². The van der Waals surface area contributed by atoms with Crippen LogP contribution in [0.2, 0.25) is 0 Å². The molecular formula is C12H18N2O4. The summed E-state index contributed by atoms with van der Waals surface area (Å²) >= 11 is 0. The number of hydrogen-bond donors (Lipinski definition) is 1. The van der Waals surface area contributed by atoms with Crippen LogP contribution in [-0.2, 0) is 4.84 Å². The number of benzene rings is 1. The summed E-state index contributed by atoms with van der Waals surface area (Å²) in [7, 11) is 4.62. The van der Waals surface area contributed by atoms with Gasteiger partial charge in [-0.1, -0.05) is 5.16 Å². The third-order valence-corrected chi connectivity index (χ3v) is 2.25. The van der Waals surface area contributed by atoms with Gasteiger partial charge in [0.15, 0.2) is 17.3 Å². The monoisotopic (exact) mass is 254 g/mol. The molecule has 0 saturated carbocycles. The SMILES string of the molecule is CCO/N=C(\N)c1cc(OC)c(OC)c(OC)c1. The Morgan fingerprint density at radius 1 is 1.11 bits per heavy atom. The van der Waals surface area contributed by atoms with Gasteiger partial charge in [-0.2, -0.15) is 0 Å². The first kappa shape index (κ1) is 14.0. The zero-order valence-corrected chi connectivity index (χ0v) is 11.0. The molecule has 0 aliphatic carbocycles. The highest BCUT2D eigenvalue weighted by molar-refractivity contribution is 5.98. The van der Waals surface area contributed by atoms with Gasteiger partial charge < -0.3 is 24.8 Å². The van der Waals surface area contributed by atoms with E-state index in [0.29, 0.717) is 29.4 Å². The summed E-state index contributed by atoms with van der Waals surface area (Å²) < 4.78 is 15.6. The van der Waals surface area contributed by atoms with Crippen molar-refractivity contribution in [1.29, 1.82) is 0 Å². The molecule has 1 rings (SSSR count). The van der Waals surface area contributed by atoms with Crippen LogP contribution in [0.4, 0.5) is 0 Å². The lowest BCUT2D eigenvalue weighted by Crippen LogP contribution is -2.14. The Hall–Kier alpha value is -2.11. The number of ether oxygens (including phenoxy) is 3. The standard InChI is InChI=1S/C12H18N2O4/c1-5-18-14-12(13)8-6-9(15-2)11(17-4)10(7-8)16-3/h6-7H,5H2,1-4H3,(H2,13,14). The first-order chi connectivity index (χ1) is 8.67. The predicted octanol–water partition coefficient (Wildman–Crippen LogP) is 1.37. The number of rotatable bonds is 6. The van der Waals surface area contributed by atoms with Crippen LogP contribution in [0.3, 0.4) is 0 Å². The van der Waals surface area contributed by atoms with E-state index in [4.69, 9.17) is 24.8 Å². The number of methoxy groups -OCH3 is 3. The minimum atomic E-state index is 0.246. The van der Waals surface area contributed by atoms with Crippen molar-refractivity contribution in [1.82, 2.24) is 0 Å². The summed E-state index contributed by atoms with van der Waals surface area (Å²) in [4.78, 5) is 4.90. The Balaban J connectivity index is 3.22. The summed E-state index contributed by atoms with van der Waals surface area (Å²) in [6.45, 7) is 2.27. The fourth-order valence-electron chi connectivity index (χ4n) is 1.42. The van der Waals surface area contributed by atoms with Crippen molar-refractivity contribution in [3.05, 3.63) is 17.7 Å². The molecule has 0 saturated heterocycles. The van der Waals surface area contributed by atoms with E-state index in [0.717, 1.165) is 0 Å². The molecule has 0 bridgehead atoms. The maximum Gasteiger partial charge on any atom is 0.203 e. The molecule has 100 valence electrons. The zero-order chi connectivity index (χ0) is 13.5. The smallest absolute Gasteiger partial charge is 0.203 e. The van der Waals surface area contributed by atoms with Gasteiger partial charge in [-0.15, -0.1) is 0 Å². The van der Waals surface area contributed by atoms with Crippen molar-refractivity contribution in [3.63, 3.8) is 0 Å². The molecule has 1 aromatic carbocycles. The Bertz CT molecular complexity index is 407. The summed E-state index contributed by atoms with van der Waals surface area (Å²) in [5, 5.41) is 3.76. The molecule has 2 N–H and O–H groups in total. The van der Waals surface area contributed by atoms with E-state index >= 15 is 0 Å². The molecule has 0 aliphatic heterocycles. The maximum atomic E-state index is 5.79. The fraction of sp³-hybridized carbons (Fsp3) is 0.417. The molecule has 6 nitrogen and oxygen atoms in total. The molecule has 6 heteroatoms. The van der Waals surface area contributed by atoms with E-state index in [2.05, 4.69) is 5.16 Å². The molecule has 0 aromatic heterocycles. The highest BCUT2D eigenvalue weighted by Crippen LogP contribution is 2.38. The first-order valence-corrected chi connectivity index (χ1v) is 5.43. The summed E-state index contributed by atoms with van der Waals surface area (Å²) in [5.41, 5.74) is 6.43. The molecule has 0 radical (unpaired) electrons. The van der Waals surface area contributed by atoms with Gasteiger partial charge in [-0.05, 0) is 19.1 Å². The average Bonchev–Trinajstić information content (AvgIpc) is 2.42. The van der Waals surface area contributed by atoms with Crippen molar-refractivity contribution >= 4 is 5.84 Å². The molecule has 18 heavy (non-hydrogen) atoms. The van der Waals surface area contributed by atoms with E-state index < -0.39 is 0 Å².